The minimum Gasteiger partial charge on any atom is -0.237 e. The van der Waals surface area contributed by atoms with Crippen molar-refractivity contribution in [3.05, 3.63) is 58.6 Å². The van der Waals surface area contributed by atoms with Crippen molar-refractivity contribution in [2.45, 2.75) is 9.79 Å². The van der Waals surface area contributed by atoms with Crippen LogP contribution >= 0.6 is 23.2 Å². The molecular weight excluding hydrogens is 341 g/mol. The second-order valence-corrected chi connectivity index (χ2v) is 7.79. The maximum atomic E-state index is 12.0. The predicted octanol–water partition coefficient (Wildman–Crippen LogP) is 2.99. The van der Waals surface area contributed by atoms with Gasteiger partial charge in [-0.3, -0.25) is 0 Å². The molecule has 0 heterocycles. The van der Waals surface area contributed by atoms with E-state index in [-0.39, 0.29) is 4.90 Å². The van der Waals surface area contributed by atoms with Crippen molar-refractivity contribution >= 4 is 44.2 Å². The summed E-state index contributed by atoms with van der Waals surface area (Å²) in [5.41, 5.74) is 0. The Morgan fingerprint density at radius 2 is 1.30 bits per heavy atom. The van der Waals surface area contributed by atoms with Gasteiger partial charge in [0.2, 0.25) is 0 Å². The summed E-state index contributed by atoms with van der Waals surface area (Å²) in [7, 11) is -5.77. The van der Waals surface area contributed by atoms with E-state index in [1.54, 1.807) is 0 Å². The topological polar surface area (TPSA) is 63.2 Å². The molecule has 1 atom stereocenters. The largest absolute Gasteiger partial charge is 0.251 e. The van der Waals surface area contributed by atoms with Gasteiger partial charge in [-0.1, -0.05) is 23.2 Å². The number of hydrogen-bond acceptors (Lipinski definition) is 3. The highest BCUT2D eigenvalue weighted by Crippen LogP contribution is 2.16. The lowest BCUT2D eigenvalue weighted by molar-refractivity contribution is 0.592. The Kier molecular flexibility index (Phi) is 4.82. The molecule has 2 rings (SSSR count). The summed E-state index contributed by atoms with van der Waals surface area (Å²) < 4.78 is 38.1. The van der Waals surface area contributed by atoms with Crippen LogP contribution in [0.2, 0.25) is 10.0 Å². The second-order valence-electron chi connectivity index (χ2n) is 3.76. The molecule has 0 saturated heterocycles. The second kappa shape index (κ2) is 6.24. The van der Waals surface area contributed by atoms with Crippen LogP contribution in [0.15, 0.2) is 58.3 Å². The Labute approximate surface area is 129 Å². The zero-order valence-corrected chi connectivity index (χ0v) is 13.1. The predicted molar refractivity (Wildman–Crippen MR) is 79.6 cm³/mol. The molecule has 1 unspecified atom stereocenters. The summed E-state index contributed by atoms with van der Waals surface area (Å²) >= 11 is 11.4. The Morgan fingerprint density at radius 3 is 1.80 bits per heavy atom. The van der Waals surface area contributed by atoms with Gasteiger partial charge in [0.15, 0.2) is 0 Å². The molecule has 4 nitrogen and oxygen atoms in total. The third kappa shape index (κ3) is 3.80. The van der Waals surface area contributed by atoms with Crippen LogP contribution in [0.4, 0.5) is 0 Å². The molecule has 0 aliphatic rings. The smallest absolute Gasteiger partial charge is 0.237 e. The van der Waals surface area contributed by atoms with Gasteiger partial charge in [0.05, 0.1) is 9.79 Å². The highest BCUT2D eigenvalue weighted by Gasteiger charge is 2.18. The first-order chi connectivity index (χ1) is 9.38. The number of halogens is 2. The fraction of sp³-hybridized carbons (Fsp3) is 0. The molecule has 0 aliphatic heterocycles. The van der Waals surface area contributed by atoms with Gasteiger partial charge < -0.3 is 0 Å². The molecule has 8 heteroatoms. The molecule has 0 fully saturated rings. The van der Waals surface area contributed by atoms with Crippen LogP contribution in [0.3, 0.4) is 0 Å². The molecule has 2 aromatic carbocycles. The van der Waals surface area contributed by atoms with E-state index in [0.717, 1.165) is 0 Å². The maximum absolute atomic E-state index is 12.0. The summed E-state index contributed by atoms with van der Waals surface area (Å²) in [6.07, 6.45) is 0. The highest BCUT2D eigenvalue weighted by molar-refractivity contribution is 8.02. The first-order valence-electron chi connectivity index (χ1n) is 5.34. The van der Waals surface area contributed by atoms with Gasteiger partial charge in [-0.25, -0.2) is 12.6 Å². The van der Waals surface area contributed by atoms with Crippen LogP contribution in [-0.2, 0) is 21.0 Å². The molecule has 0 amide bonds. The van der Waals surface area contributed by atoms with E-state index in [9.17, 15) is 12.6 Å². The molecule has 0 saturated carbocycles. The van der Waals surface area contributed by atoms with E-state index >= 15 is 0 Å². The van der Waals surface area contributed by atoms with Gasteiger partial charge >= 0.3 is 0 Å². The van der Waals surface area contributed by atoms with Gasteiger partial charge in [0.1, 0.15) is 11.0 Å². The monoisotopic (exact) mass is 349 g/mol. The van der Waals surface area contributed by atoms with Crippen molar-refractivity contribution in [1.82, 2.24) is 4.13 Å². The van der Waals surface area contributed by atoms with Crippen molar-refractivity contribution in [3.8, 4) is 0 Å². The molecule has 20 heavy (non-hydrogen) atoms. The van der Waals surface area contributed by atoms with Crippen LogP contribution in [0.5, 0.6) is 0 Å². The number of nitrogens with one attached hydrogen (secondary N) is 1. The Balaban J connectivity index is 2.22. The molecule has 106 valence electrons. The lowest BCUT2D eigenvalue weighted by Gasteiger charge is -2.06. The summed E-state index contributed by atoms with van der Waals surface area (Å²) in [5.74, 6) is 0. The number of rotatable bonds is 4. The number of benzene rings is 2. The fourth-order valence-corrected chi connectivity index (χ4v) is 4.06. The van der Waals surface area contributed by atoms with E-state index in [1.807, 2.05) is 0 Å². The summed E-state index contributed by atoms with van der Waals surface area (Å²) in [6.45, 7) is 0. The molecule has 2 aromatic rings. The summed E-state index contributed by atoms with van der Waals surface area (Å²) in [4.78, 5) is 0.302. The molecule has 0 bridgehead atoms. The van der Waals surface area contributed by atoms with Crippen LogP contribution in [0.25, 0.3) is 0 Å². The van der Waals surface area contributed by atoms with E-state index in [1.165, 1.54) is 48.5 Å². The highest BCUT2D eigenvalue weighted by atomic mass is 35.5. The quantitative estimate of drug-likeness (QED) is 0.922. The molecule has 0 spiro atoms. The molecule has 0 aromatic heterocycles. The van der Waals surface area contributed by atoms with Gasteiger partial charge in [-0.2, -0.15) is 0 Å². The van der Waals surface area contributed by atoms with Crippen LogP contribution < -0.4 is 4.13 Å². The third-order valence-electron chi connectivity index (χ3n) is 2.34. The Hall–Kier alpha value is -0.920. The maximum Gasteiger partial charge on any atom is 0.251 e. The van der Waals surface area contributed by atoms with Crippen molar-refractivity contribution in [1.29, 1.82) is 0 Å². The van der Waals surface area contributed by atoms with Crippen molar-refractivity contribution < 1.29 is 12.6 Å². The van der Waals surface area contributed by atoms with Gasteiger partial charge in [-0.05, 0) is 48.5 Å². The van der Waals surface area contributed by atoms with Crippen LogP contribution in [-0.4, -0.2) is 12.6 Å². The van der Waals surface area contributed by atoms with Crippen molar-refractivity contribution in [3.63, 3.8) is 0 Å². The lowest BCUT2D eigenvalue weighted by atomic mass is 10.4. The van der Waals surface area contributed by atoms with Gasteiger partial charge in [0, 0.05) is 10.0 Å². The average molecular weight is 350 g/mol. The normalized spacial score (nSPS) is 13.1. The van der Waals surface area contributed by atoms with Crippen molar-refractivity contribution in [2.75, 3.05) is 0 Å². The first kappa shape index (κ1) is 15.5. The van der Waals surface area contributed by atoms with E-state index < -0.39 is 21.0 Å². The summed E-state index contributed by atoms with van der Waals surface area (Å²) in [6, 6.07) is 11.6. The summed E-state index contributed by atoms with van der Waals surface area (Å²) in [5, 5.41) is 0.897. The van der Waals surface area contributed by atoms with Crippen LogP contribution in [0, 0.1) is 0 Å². The Bertz CT molecular complexity index is 728. The van der Waals surface area contributed by atoms with Gasteiger partial charge in [0.25, 0.3) is 10.0 Å². The number of hydrogen-bond donors (Lipinski definition) is 1. The van der Waals surface area contributed by atoms with Crippen molar-refractivity contribution in [2.24, 2.45) is 0 Å². The molecule has 0 radical (unpaired) electrons. The van der Waals surface area contributed by atoms with Crippen LogP contribution in [0.1, 0.15) is 0 Å². The standard InChI is InChI=1S/C12H9Cl2NO3S2/c13-9-1-5-11(6-2-9)19(16)15-20(17,18)12-7-3-10(14)4-8-12/h1-8,15H. The first-order valence-corrected chi connectivity index (χ1v) is 8.73. The molecule has 1 N–H and O–H groups in total. The SMILES string of the molecule is O=S(NS(=O)(=O)c1ccc(Cl)cc1)c1ccc(Cl)cc1. The average Bonchev–Trinajstić information content (AvgIpc) is 2.39. The minimum absolute atomic E-state index is 0.00999. The lowest BCUT2D eigenvalue weighted by Crippen LogP contribution is -2.25. The molecular formula is C12H9Cl2NO3S2. The zero-order chi connectivity index (χ0) is 14.8. The molecule has 0 aliphatic carbocycles. The van der Waals surface area contributed by atoms with E-state index in [2.05, 4.69) is 4.13 Å². The fourth-order valence-electron chi connectivity index (χ4n) is 1.37. The number of sulfonamides is 1. The van der Waals surface area contributed by atoms with Gasteiger partial charge in [-0.15, -0.1) is 4.13 Å². The zero-order valence-electron chi connectivity index (χ0n) is 9.92. The van der Waals surface area contributed by atoms with E-state index in [4.69, 9.17) is 23.2 Å². The Morgan fingerprint density at radius 1 is 0.850 bits per heavy atom. The third-order valence-corrected chi connectivity index (χ3v) is 5.92. The minimum atomic E-state index is -3.88. The van der Waals surface area contributed by atoms with E-state index in [0.29, 0.717) is 14.9 Å².